The fourth-order valence-electron chi connectivity index (χ4n) is 3.81. The Kier molecular flexibility index (Phi) is 5.39. The van der Waals surface area contributed by atoms with Crippen molar-refractivity contribution in [2.45, 2.75) is 13.0 Å². The van der Waals surface area contributed by atoms with Crippen LogP contribution in [0.1, 0.15) is 17.8 Å². The average Bonchev–Trinajstić information content (AvgIpc) is 3.49. The predicted octanol–water partition coefficient (Wildman–Crippen LogP) is 5.08. The number of hydrogen-bond donors (Lipinski definition) is 2. The zero-order chi connectivity index (χ0) is 22.9. The summed E-state index contributed by atoms with van der Waals surface area (Å²) in [5.41, 5.74) is 2.45. The van der Waals surface area contributed by atoms with Crippen molar-refractivity contribution in [1.82, 2.24) is 14.8 Å². The van der Waals surface area contributed by atoms with E-state index in [9.17, 15) is 9.18 Å². The Morgan fingerprint density at radius 1 is 1.15 bits per heavy atom. The zero-order valence-corrected chi connectivity index (χ0v) is 18.7. The lowest BCUT2D eigenvalue weighted by Crippen LogP contribution is -2.31. The first-order chi connectivity index (χ1) is 16.0. The van der Waals surface area contributed by atoms with E-state index in [2.05, 4.69) is 20.7 Å². The van der Waals surface area contributed by atoms with E-state index in [0.717, 1.165) is 4.88 Å². The number of halogens is 1. The van der Waals surface area contributed by atoms with Crippen LogP contribution in [0, 0.1) is 5.82 Å². The van der Waals surface area contributed by atoms with Crippen LogP contribution in [0.2, 0.25) is 0 Å². The fraction of sp³-hybridized carbons (Fsp3) is 0.125. The molecule has 0 saturated carbocycles. The van der Waals surface area contributed by atoms with Gasteiger partial charge in [-0.2, -0.15) is 4.98 Å². The van der Waals surface area contributed by atoms with Gasteiger partial charge in [-0.3, -0.25) is 4.79 Å². The summed E-state index contributed by atoms with van der Waals surface area (Å²) in [5.74, 6) is 0.926. The van der Waals surface area contributed by atoms with Gasteiger partial charge in [0.1, 0.15) is 17.6 Å². The molecule has 1 aliphatic rings. The molecule has 2 aromatic carbocycles. The number of nitrogens with zero attached hydrogens (tertiary/aromatic N) is 3. The number of allylic oxidation sites excluding steroid dienone is 1. The number of thiophene rings is 1. The first-order valence-electron chi connectivity index (χ1n) is 10.2. The van der Waals surface area contributed by atoms with E-state index in [1.54, 1.807) is 36.1 Å². The van der Waals surface area contributed by atoms with Crippen molar-refractivity contribution in [2.24, 2.45) is 0 Å². The summed E-state index contributed by atoms with van der Waals surface area (Å²) >= 11 is 1.53. The molecule has 9 heteroatoms. The molecule has 5 rings (SSSR count). The van der Waals surface area contributed by atoms with E-state index in [-0.39, 0.29) is 11.7 Å². The minimum absolute atomic E-state index is 0.271. The number of amides is 1. The van der Waals surface area contributed by atoms with Crippen molar-refractivity contribution in [2.75, 3.05) is 17.7 Å². The Labute approximate surface area is 193 Å². The van der Waals surface area contributed by atoms with Crippen LogP contribution in [0.25, 0.3) is 11.4 Å². The smallest absolute Gasteiger partial charge is 0.256 e. The Balaban J connectivity index is 1.56. The number of fused-ring (bicyclic) bond motifs is 1. The lowest BCUT2D eigenvalue weighted by atomic mass is 10.0. The van der Waals surface area contributed by atoms with Crippen molar-refractivity contribution < 1.29 is 13.9 Å². The molecule has 0 aliphatic carbocycles. The highest BCUT2D eigenvalue weighted by atomic mass is 32.1. The lowest BCUT2D eigenvalue weighted by Gasteiger charge is -2.27. The Bertz CT molecular complexity index is 1350. The van der Waals surface area contributed by atoms with E-state index in [4.69, 9.17) is 4.74 Å². The molecule has 1 amide bonds. The molecule has 2 aromatic heterocycles. The van der Waals surface area contributed by atoms with Gasteiger partial charge in [-0.15, -0.1) is 16.4 Å². The number of rotatable bonds is 5. The van der Waals surface area contributed by atoms with Crippen LogP contribution in [0.3, 0.4) is 0 Å². The second-order valence-electron chi connectivity index (χ2n) is 7.45. The highest BCUT2D eigenvalue weighted by Gasteiger charge is 2.35. The van der Waals surface area contributed by atoms with Crippen LogP contribution in [0.15, 0.2) is 77.3 Å². The van der Waals surface area contributed by atoms with E-state index < -0.39 is 6.04 Å². The number of ether oxygens (including phenoxy) is 1. The molecule has 7 nitrogen and oxygen atoms in total. The third kappa shape index (κ3) is 3.87. The van der Waals surface area contributed by atoms with Crippen molar-refractivity contribution in [3.8, 4) is 17.1 Å². The number of methoxy groups -OCH3 is 1. The van der Waals surface area contributed by atoms with E-state index >= 15 is 0 Å². The normalized spacial score (nSPS) is 15.1. The molecule has 166 valence electrons. The molecule has 0 fully saturated rings. The van der Waals surface area contributed by atoms with Gasteiger partial charge >= 0.3 is 0 Å². The van der Waals surface area contributed by atoms with Gasteiger partial charge in [0.05, 0.1) is 18.4 Å². The Hall–Kier alpha value is -3.98. The number of anilines is 2. The van der Waals surface area contributed by atoms with Crippen molar-refractivity contribution >= 4 is 28.9 Å². The van der Waals surface area contributed by atoms with E-state index in [1.807, 2.05) is 36.6 Å². The molecule has 1 aliphatic heterocycles. The van der Waals surface area contributed by atoms with Gasteiger partial charge in [0.2, 0.25) is 5.95 Å². The lowest BCUT2D eigenvalue weighted by molar-refractivity contribution is -0.113. The maximum Gasteiger partial charge on any atom is 0.256 e. The molecule has 3 heterocycles. The number of para-hydroxylation sites is 2. The molecule has 0 bridgehead atoms. The monoisotopic (exact) mass is 461 g/mol. The van der Waals surface area contributed by atoms with Gasteiger partial charge < -0.3 is 15.4 Å². The van der Waals surface area contributed by atoms with Gasteiger partial charge in [0, 0.05) is 16.1 Å². The molecule has 0 spiro atoms. The molecule has 33 heavy (non-hydrogen) atoms. The van der Waals surface area contributed by atoms with Crippen molar-refractivity contribution in [3.63, 3.8) is 0 Å². The largest absolute Gasteiger partial charge is 0.495 e. The van der Waals surface area contributed by atoms with Crippen LogP contribution in [-0.2, 0) is 4.79 Å². The highest BCUT2D eigenvalue weighted by Crippen LogP contribution is 2.39. The van der Waals surface area contributed by atoms with Crippen LogP contribution in [0.5, 0.6) is 5.75 Å². The summed E-state index contributed by atoms with van der Waals surface area (Å²) in [5, 5.41) is 12.8. The van der Waals surface area contributed by atoms with E-state index in [1.165, 1.54) is 23.5 Å². The van der Waals surface area contributed by atoms with Crippen LogP contribution < -0.4 is 15.4 Å². The van der Waals surface area contributed by atoms with Gasteiger partial charge in [-0.25, -0.2) is 9.07 Å². The second kappa shape index (κ2) is 8.51. The number of nitrogens with one attached hydrogen (secondary N) is 2. The number of carbonyl (C=O) groups excluding carboxylic acids is 1. The summed E-state index contributed by atoms with van der Waals surface area (Å²) in [6.45, 7) is 1.84. The molecule has 0 radical (unpaired) electrons. The molecule has 0 unspecified atom stereocenters. The maximum absolute atomic E-state index is 13.5. The number of aromatic nitrogens is 3. The maximum atomic E-state index is 13.5. The van der Waals surface area contributed by atoms with Gasteiger partial charge in [0.25, 0.3) is 5.91 Å². The summed E-state index contributed by atoms with van der Waals surface area (Å²) < 4.78 is 20.5. The first-order valence-corrected chi connectivity index (χ1v) is 11.1. The van der Waals surface area contributed by atoms with Crippen molar-refractivity contribution in [1.29, 1.82) is 0 Å². The number of carbonyl (C=O) groups is 1. The highest BCUT2D eigenvalue weighted by molar-refractivity contribution is 7.10. The minimum atomic E-state index is -0.474. The van der Waals surface area contributed by atoms with Crippen molar-refractivity contribution in [3.05, 3.63) is 88.0 Å². The molecule has 4 aromatic rings. The van der Waals surface area contributed by atoms with Gasteiger partial charge in [-0.1, -0.05) is 18.2 Å². The minimum Gasteiger partial charge on any atom is -0.495 e. The third-order valence-electron chi connectivity index (χ3n) is 5.37. The number of benzene rings is 2. The standard InChI is InChI=1S/C24H20FN5O2S/c1-14-20(23(31)27-17-6-3-4-7-18(17)32-2)21(19-8-5-13-33-19)30-24(26-14)28-22(29-30)15-9-11-16(25)12-10-15/h3-13,21H,1-2H3,(H,27,31)(H,26,28,29)/t21-/m1/s1. The molecular formula is C24H20FN5O2S. The van der Waals surface area contributed by atoms with Gasteiger partial charge in [-0.05, 0) is 54.8 Å². The SMILES string of the molecule is COc1ccccc1NC(=O)C1=C(C)Nc2nc(-c3ccc(F)cc3)nn2[C@@H]1c1cccs1. The molecular weight excluding hydrogens is 441 g/mol. The first kappa shape index (κ1) is 20.9. The van der Waals surface area contributed by atoms with Gasteiger partial charge in [0.15, 0.2) is 5.82 Å². The zero-order valence-electron chi connectivity index (χ0n) is 17.9. The molecule has 2 N–H and O–H groups in total. The second-order valence-corrected chi connectivity index (χ2v) is 8.43. The van der Waals surface area contributed by atoms with Crippen LogP contribution in [0.4, 0.5) is 16.0 Å². The summed E-state index contributed by atoms with van der Waals surface area (Å²) in [4.78, 5) is 19.1. The quantitative estimate of drug-likeness (QED) is 0.433. The average molecular weight is 462 g/mol. The van der Waals surface area contributed by atoms with Crippen LogP contribution in [-0.4, -0.2) is 27.8 Å². The third-order valence-corrected chi connectivity index (χ3v) is 6.29. The summed E-state index contributed by atoms with van der Waals surface area (Å²) in [6.07, 6.45) is 0. The Morgan fingerprint density at radius 3 is 2.67 bits per heavy atom. The van der Waals surface area contributed by atoms with E-state index in [0.29, 0.717) is 40.0 Å². The summed E-state index contributed by atoms with van der Waals surface area (Å²) in [6, 6.07) is 16.7. The predicted molar refractivity (Wildman–Crippen MR) is 126 cm³/mol. The summed E-state index contributed by atoms with van der Waals surface area (Å²) in [7, 11) is 1.56. The van der Waals surface area contributed by atoms with Crippen LogP contribution >= 0.6 is 11.3 Å². The number of hydrogen-bond acceptors (Lipinski definition) is 6. The topological polar surface area (TPSA) is 81.1 Å². The molecule has 0 saturated heterocycles. The Morgan fingerprint density at radius 2 is 1.94 bits per heavy atom. The molecule has 1 atom stereocenters. The fourth-order valence-corrected chi connectivity index (χ4v) is 4.63.